The summed E-state index contributed by atoms with van der Waals surface area (Å²) in [4.78, 5) is 36.4. The molecule has 2 fully saturated rings. The van der Waals surface area contributed by atoms with Crippen molar-refractivity contribution in [2.45, 2.75) is 58.5 Å². The molecule has 6 nitrogen and oxygen atoms in total. The van der Waals surface area contributed by atoms with Crippen LogP contribution in [0.25, 0.3) is 0 Å². The van der Waals surface area contributed by atoms with Gasteiger partial charge < -0.3 is 4.74 Å². The van der Waals surface area contributed by atoms with E-state index < -0.39 is 17.6 Å². The maximum absolute atomic E-state index is 12.3. The minimum Gasteiger partial charge on any atom is -0.442 e. The molecule has 2 aliphatic carbocycles. The van der Waals surface area contributed by atoms with Gasteiger partial charge in [0.25, 0.3) is 0 Å². The average molecular weight is 308 g/mol. The van der Waals surface area contributed by atoms with Gasteiger partial charge in [0.05, 0.1) is 5.71 Å². The largest absolute Gasteiger partial charge is 0.442 e. The number of carbonyl (C=O) groups is 3. The number of nitrogens with zero attached hydrogens (tertiary/aromatic N) is 2. The van der Waals surface area contributed by atoms with Crippen LogP contribution in [-0.2, 0) is 14.3 Å². The third kappa shape index (κ3) is 4.15. The van der Waals surface area contributed by atoms with E-state index in [-0.39, 0.29) is 17.5 Å². The Hall–Kier alpha value is -1.72. The number of carbonyl (C=O) groups excluding carboxylic acids is 3. The summed E-state index contributed by atoms with van der Waals surface area (Å²) in [5, 5.41) is 5.31. The zero-order valence-electron chi connectivity index (χ0n) is 13.7. The number of hydrogen-bond acceptors (Lipinski definition) is 5. The molecule has 2 rings (SSSR count). The summed E-state index contributed by atoms with van der Waals surface area (Å²) in [6.07, 6.45) is 2.79. The maximum Gasteiger partial charge on any atom is 0.430 e. The lowest BCUT2D eigenvalue weighted by molar-refractivity contribution is -0.131. The van der Waals surface area contributed by atoms with Crippen molar-refractivity contribution in [2.75, 3.05) is 7.05 Å². The molecule has 0 aromatic heterocycles. The van der Waals surface area contributed by atoms with E-state index in [4.69, 9.17) is 4.74 Å². The Morgan fingerprint density at radius 1 is 1.23 bits per heavy atom. The van der Waals surface area contributed by atoms with Gasteiger partial charge in [0.15, 0.2) is 5.78 Å². The third-order valence-corrected chi connectivity index (χ3v) is 3.71. The Morgan fingerprint density at radius 3 is 2.41 bits per heavy atom. The average Bonchev–Trinajstić information content (AvgIpc) is 3.20. The van der Waals surface area contributed by atoms with E-state index in [1.807, 2.05) is 0 Å². The van der Waals surface area contributed by atoms with Crippen LogP contribution < -0.4 is 0 Å². The molecular weight excluding hydrogens is 284 g/mol. The summed E-state index contributed by atoms with van der Waals surface area (Å²) < 4.78 is 5.23. The Balaban J connectivity index is 2.13. The molecular formula is C16H24N2O4. The number of amides is 1. The summed E-state index contributed by atoms with van der Waals surface area (Å²) in [7, 11) is 1.48. The molecule has 0 aromatic carbocycles. The Bertz CT molecular complexity index is 515. The predicted molar refractivity (Wildman–Crippen MR) is 81.5 cm³/mol. The Labute approximate surface area is 130 Å². The molecule has 1 amide bonds. The van der Waals surface area contributed by atoms with Crippen molar-refractivity contribution in [3.05, 3.63) is 0 Å². The molecule has 0 saturated heterocycles. The van der Waals surface area contributed by atoms with Crippen LogP contribution in [0.4, 0.5) is 4.79 Å². The van der Waals surface area contributed by atoms with Crippen LogP contribution in [0, 0.1) is 11.8 Å². The highest BCUT2D eigenvalue weighted by Crippen LogP contribution is 2.35. The van der Waals surface area contributed by atoms with Gasteiger partial charge in [-0.3, -0.25) is 9.59 Å². The highest BCUT2D eigenvalue weighted by Gasteiger charge is 2.42. The van der Waals surface area contributed by atoms with Crippen molar-refractivity contribution in [3.63, 3.8) is 0 Å². The van der Waals surface area contributed by atoms with Gasteiger partial charge in [0.1, 0.15) is 17.3 Å². The highest BCUT2D eigenvalue weighted by molar-refractivity contribution is 6.23. The van der Waals surface area contributed by atoms with Crippen LogP contribution in [0.1, 0.15) is 52.9 Å². The van der Waals surface area contributed by atoms with Gasteiger partial charge in [-0.05, 0) is 46.5 Å². The molecule has 6 heteroatoms. The first-order chi connectivity index (χ1) is 10.2. The van der Waals surface area contributed by atoms with Crippen molar-refractivity contribution in [1.82, 2.24) is 5.01 Å². The number of ether oxygens (including phenoxy) is 1. The zero-order valence-corrected chi connectivity index (χ0v) is 13.7. The third-order valence-electron chi connectivity index (χ3n) is 3.71. The lowest BCUT2D eigenvalue weighted by Crippen LogP contribution is -2.39. The normalized spacial score (nSPS) is 24.3. The van der Waals surface area contributed by atoms with E-state index in [2.05, 4.69) is 5.10 Å². The highest BCUT2D eigenvalue weighted by atomic mass is 16.6. The van der Waals surface area contributed by atoms with E-state index in [0.717, 1.165) is 17.9 Å². The SMILES string of the molecule is CN(/N=C1/CCCC(=O)C1C(=O)C1CC1)C(=O)OC(C)(C)C. The molecule has 0 N–H and O–H groups in total. The molecule has 0 aromatic rings. The fourth-order valence-corrected chi connectivity index (χ4v) is 2.51. The van der Waals surface area contributed by atoms with Gasteiger partial charge >= 0.3 is 6.09 Å². The second kappa shape index (κ2) is 6.18. The zero-order chi connectivity index (χ0) is 16.5. The molecule has 0 heterocycles. The van der Waals surface area contributed by atoms with Gasteiger partial charge in [-0.1, -0.05) is 0 Å². The van der Waals surface area contributed by atoms with Crippen LogP contribution in [0.15, 0.2) is 5.10 Å². The van der Waals surface area contributed by atoms with Crippen LogP contribution in [0.5, 0.6) is 0 Å². The van der Waals surface area contributed by atoms with Crippen molar-refractivity contribution >= 4 is 23.4 Å². The first-order valence-electron chi connectivity index (χ1n) is 7.79. The van der Waals surface area contributed by atoms with Crippen molar-refractivity contribution in [3.8, 4) is 0 Å². The van der Waals surface area contributed by atoms with Crippen LogP contribution in [-0.4, -0.2) is 41.0 Å². The molecule has 1 atom stereocenters. The molecule has 22 heavy (non-hydrogen) atoms. The number of rotatable bonds is 3. The number of hydrazone groups is 1. The molecule has 0 radical (unpaired) electrons. The standard InChI is InChI=1S/C16H24N2O4/c1-16(2,3)22-15(21)18(4)17-11-6-5-7-12(19)13(11)14(20)10-8-9-10/h10,13H,5-9H2,1-4H3/b17-11-. The van der Waals surface area contributed by atoms with E-state index in [1.165, 1.54) is 7.05 Å². The summed E-state index contributed by atoms with van der Waals surface area (Å²) in [5.41, 5.74) is -0.113. The quantitative estimate of drug-likeness (QED) is 0.593. The summed E-state index contributed by atoms with van der Waals surface area (Å²) >= 11 is 0. The van der Waals surface area contributed by atoms with Crippen molar-refractivity contribution in [1.29, 1.82) is 0 Å². The van der Waals surface area contributed by atoms with E-state index in [0.29, 0.717) is 25.0 Å². The molecule has 122 valence electrons. The summed E-state index contributed by atoms with van der Waals surface area (Å²) in [6, 6.07) is 0. The fraction of sp³-hybridized carbons (Fsp3) is 0.750. The smallest absolute Gasteiger partial charge is 0.430 e. The number of ketones is 2. The second-order valence-corrected chi connectivity index (χ2v) is 7.02. The summed E-state index contributed by atoms with van der Waals surface area (Å²) in [5.74, 6) is -0.851. The molecule has 0 bridgehead atoms. The Morgan fingerprint density at radius 2 is 1.86 bits per heavy atom. The minimum absolute atomic E-state index is 0.00378. The summed E-state index contributed by atoms with van der Waals surface area (Å²) in [6.45, 7) is 5.32. The van der Waals surface area contributed by atoms with Gasteiger partial charge in [-0.15, -0.1) is 0 Å². The van der Waals surface area contributed by atoms with Gasteiger partial charge in [0, 0.05) is 19.4 Å². The molecule has 2 saturated carbocycles. The van der Waals surface area contributed by atoms with Crippen molar-refractivity contribution in [2.24, 2.45) is 16.9 Å². The van der Waals surface area contributed by atoms with Gasteiger partial charge in [-0.2, -0.15) is 5.10 Å². The fourth-order valence-electron chi connectivity index (χ4n) is 2.51. The first-order valence-corrected chi connectivity index (χ1v) is 7.79. The minimum atomic E-state index is -0.758. The molecule has 0 spiro atoms. The van der Waals surface area contributed by atoms with E-state index >= 15 is 0 Å². The predicted octanol–water partition coefficient (Wildman–Crippen LogP) is 2.56. The lowest BCUT2D eigenvalue weighted by atomic mass is 9.82. The Kier molecular flexibility index (Phi) is 4.68. The maximum atomic E-state index is 12.3. The number of hydrogen-bond donors (Lipinski definition) is 0. The van der Waals surface area contributed by atoms with Crippen LogP contribution in [0.2, 0.25) is 0 Å². The van der Waals surface area contributed by atoms with E-state index in [9.17, 15) is 14.4 Å². The van der Waals surface area contributed by atoms with E-state index in [1.54, 1.807) is 20.8 Å². The van der Waals surface area contributed by atoms with Crippen molar-refractivity contribution < 1.29 is 19.1 Å². The molecule has 1 unspecified atom stereocenters. The van der Waals surface area contributed by atoms with Gasteiger partial charge in [-0.25, -0.2) is 9.80 Å². The van der Waals surface area contributed by atoms with Gasteiger partial charge in [0.2, 0.25) is 0 Å². The number of Topliss-reactive ketones (excluding diaryl/α,β-unsaturated/α-hetero) is 2. The first kappa shape index (κ1) is 16.6. The molecule has 2 aliphatic rings. The van der Waals surface area contributed by atoms with Crippen LogP contribution >= 0.6 is 0 Å². The lowest BCUT2D eigenvalue weighted by Gasteiger charge is -2.25. The monoisotopic (exact) mass is 308 g/mol. The van der Waals surface area contributed by atoms with Crippen LogP contribution in [0.3, 0.4) is 0 Å². The molecule has 0 aliphatic heterocycles. The second-order valence-electron chi connectivity index (χ2n) is 7.02. The topological polar surface area (TPSA) is 76.0 Å².